The van der Waals surface area contributed by atoms with Crippen molar-refractivity contribution in [2.24, 2.45) is 34.5 Å². The van der Waals surface area contributed by atoms with Crippen LogP contribution in [0.4, 0.5) is 0 Å². The highest BCUT2D eigenvalue weighted by molar-refractivity contribution is 5.14. The monoisotopic (exact) mass is 301 g/mol. The molecule has 3 saturated carbocycles. The van der Waals surface area contributed by atoms with E-state index in [1.54, 1.807) is 0 Å². The minimum Gasteiger partial charge on any atom is -0.375 e. The van der Waals surface area contributed by atoms with Gasteiger partial charge in [-0.3, -0.25) is 0 Å². The Hall–Kier alpha value is -0.460. The molecule has 7 atom stereocenters. The highest BCUT2D eigenvalue weighted by Gasteiger charge is 2.59. The summed E-state index contributed by atoms with van der Waals surface area (Å²) >= 11 is 0. The first kappa shape index (κ1) is 15.1. The lowest BCUT2D eigenvalue weighted by Gasteiger charge is -2.62. The Morgan fingerprint density at radius 1 is 0.955 bits per heavy atom. The van der Waals surface area contributed by atoms with Crippen molar-refractivity contribution >= 4 is 0 Å². The minimum atomic E-state index is 0.548. The zero-order chi connectivity index (χ0) is 15.7. The summed E-state index contributed by atoms with van der Waals surface area (Å²) < 4.78 is 0. The molecule has 7 unspecified atom stereocenters. The molecule has 1 saturated heterocycles. The van der Waals surface area contributed by atoms with Crippen LogP contribution >= 0.6 is 0 Å². The molecule has 3 aliphatic carbocycles. The summed E-state index contributed by atoms with van der Waals surface area (Å²) in [6.45, 7) is 12.1. The second-order valence-electron chi connectivity index (χ2n) is 9.68. The number of nitrogens with zero attached hydrogens (tertiary/aromatic N) is 1. The molecule has 1 heterocycles. The molecule has 22 heavy (non-hydrogen) atoms. The first-order chi connectivity index (χ1) is 10.4. The number of likely N-dealkylation sites (tertiary alicyclic amines) is 1. The SMILES string of the molecule is C=C1CCC2(C)C3CCC4(C)C(C)CCC4C3CCC2N1C. The topological polar surface area (TPSA) is 3.24 Å². The van der Waals surface area contributed by atoms with Crippen LogP contribution < -0.4 is 0 Å². The van der Waals surface area contributed by atoms with Gasteiger partial charge in [-0.2, -0.15) is 0 Å². The van der Waals surface area contributed by atoms with E-state index < -0.39 is 0 Å². The zero-order valence-corrected chi connectivity index (χ0v) is 15.2. The van der Waals surface area contributed by atoms with E-state index in [0.717, 1.165) is 29.7 Å². The fourth-order valence-electron chi connectivity index (χ4n) is 7.50. The molecular weight excluding hydrogens is 266 g/mol. The molecule has 124 valence electrons. The van der Waals surface area contributed by atoms with Gasteiger partial charge in [0.05, 0.1) is 0 Å². The molecular formula is C21H35N. The van der Waals surface area contributed by atoms with E-state index in [4.69, 9.17) is 0 Å². The van der Waals surface area contributed by atoms with Crippen LogP contribution in [-0.2, 0) is 0 Å². The summed E-state index contributed by atoms with van der Waals surface area (Å²) in [6.07, 6.45) is 11.5. The number of hydrogen-bond donors (Lipinski definition) is 0. The molecule has 0 amide bonds. The average molecular weight is 302 g/mol. The largest absolute Gasteiger partial charge is 0.375 e. The maximum atomic E-state index is 4.32. The van der Waals surface area contributed by atoms with Gasteiger partial charge in [-0.25, -0.2) is 0 Å². The Kier molecular flexibility index (Phi) is 3.27. The third kappa shape index (κ3) is 1.77. The van der Waals surface area contributed by atoms with Crippen molar-refractivity contribution in [1.82, 2.24) is 4.90 Å². The Morgan fingerprint density at radius 2 is 1.68 bits per heavy atom. The van der Waals surface area contributed by atoms with Crippen molar-refractivity contribution in [3.05, 3.63) is 12.3 Å². The number of piperidine rings is 1. The highest BCUT2D eigenvalue weighted by Crippen LogP contribution is 2.66. The lowest BCUT2D eigenvalue weighted by molar-refractivity contribution is -0.112. The molecule has 0 aromatic rings. The molecule has 0 spiro atoms. The van der Waals surface area contributed by atoms with Crippen LogP contribution in [0.3, 0.4) is 0 Å². The van der Waals surface area contributed by atoms with E-state index >= 15 is 0 Å². The van der Waals surface area contributed by atoms with Gasteiger partial charge in [-0.05, 0) is 85.9 Å². The third-order valence-corrected chi connectivity index (χ3v) is 9.21. The Bertz CT molecular complexity index is 482. The van der Waals surface area contributed by atoms with E-state index in [1.165, 1.54) is 57.1 Å². The van der Waals surface area contributed by atoms with Crippen LogP contribution in [0.15, 0.2) is 12.3 Å². The standard InChI is InChI=1S/C21H35N/c1-14-6-8-17-16-7-9-19-21(4,12-10-15(2)22(19)5)18(16)11-13-20(14,17)3/h14,16-19H,2,6-13H2,1,3-5H3. The van der Waals surface area contributed by atoms with E-state index in [0.29, 0.717) is 10.8 Å². The van der Waals surface area contributed by atoms with Gasteiger partial charge in [-0.1, -0.05) is 27.4 Å². The first-order valence-corrected chi connectivity index (χ1v) is 9.78. The Morgan fingerprint density at radius 3 is 2.45 bits per heavy atom. The van der Waals surface area contributed by atoms with Gasteiger partial charge in [0.1, 0.15) is 0 Å². The predicted molar refractivity (Wildman–Crippen MR) is 93.5 cm³/mol. The van der Waals surface area contributed by atoms with Crippen molar-refractivity contribution < 1.29 is 0 Å². The summed E-state index contributed by atoms with van der Waals surface area (Å²) in [4.78, 5) is 2.56. The number of fused-ring (bicyclic) bond motifs is 5. The van der Waals surface area contributed by atoms with Gasteiger partial charge >= 0.3 is 0 Å². The van der Waals surface area contributed by atoms with Crippen molar-refractivity contribution in [3.8, 4) is 0 Å². The number of allylic oxidation sites excluding steroid dienone is 1. The molecule has 1 aliphatic heterocycles. The van der Waals surface area contributed by atoms with Crippen molar-refractivity contribution in [2.45, 2.75) is 78.2 Å². The van der Waals surface area contributed by atoms with Crippen LogP contribution in [0.1, 0.15) is 72.1 Å². The van der Waals surface area contributed by atoms with E-state index in [-0.39, 0.29) is 0 Å². The van der Waals surface area contributed by atoms with Gasteiger partial charge in [-0.15, -0.1) is 0 Å². The minimum absolute atomic E-state index is 0.548. The van der Waals surface area contributed by atoms with Crippen LogP contribution in [0.5, 0.6) is 0 Å². The first-order valence-electron chi connectivity index (χ1n) is 9.78. The molecule has 0 N–H and O–H groups in total. The van der Waals surface area contributed by atoms with Crippen LogP contribution in [0.2, 0.25) is 0 Å². The molecule has 0 bridgehead atoms. The second-order valence-corrected chi connectivity index (χ2v) is 9.68. The molecule has 0 aromatic heterocycles. The smallest absolute Gasteiger partial charge is 0.0340 e. The predicted octanol–water partition coefficient (Wildman–Crippen LogP) is 5.47. The van der Waals surface area contributed by atoms with E-state index in [9.17, 15) is 0 Å². The molecule has 0 aromatic carbocycles. The molecule has 0 radical (unpaired) electrons. The van der Waals surface area contributed by atoms with E-state index in [2.05, 4.69) is 39.3 Å². The van der Waals surface area contributed by atoms with Crippen molar-refractivity contribution in [2.75, 3.05) is 7.05 Å². The van der Waals surface area contributed by atoms with Crippen molar-refractivity contribution in [1.29, 1.82) is 0 Å². The lowest BCUT2D eigenvalue weighted by atomic mass is 9.47. The fraction of sp³-hybridized carbons (Fsp3) is 0.905. The quantitative estimate of drug-likeness (QED) is 0.573. The van der Waals surface area contributed by atoms with Crippen molar-refractivity contribution in [3.63, 3.8) is 0 Å². The second kappa shape index (κ2) is 4.77. The maximum absolute atomic E-state index is 4.32. The normalized spacial score (nSPS) is 54.6. The maximum Gasteiger partial charge on any atom is 0.0340 e. The third-order valence-electron chi connectivity index (χ3n) is 9.21. The number of hydrogen-bond acceptors (Lipinski definition) is 1. The molecule has 4 aliphatic rings. The lowest BCUT2D eigenvalue weighted by Crippen LogP contribution is -2.59. The summed E-state index contributed by atoms with van der Waals surface area (Å²) in [6, 6.07) is 0.762. The van der Waals surface area contributed by atoms with Crippen LogP contribution in [0, 0.1) is 34.5 Å². The molecule has 4 fully saturated rings. The zero-order valence-electron chi connectivity index (χ0n) is 15.2. The van der Waals surface area contributed by atoms with Gasteiger partial charge in [0.15, 0.2) is 0 Å². The van der Waals surface area contributed by atoms with Gasteiger partial charge in [0, 0.05) is 18.8 Å². The van der Waals surface area contributed by atoms with Gasteiger partial charge < -0.3 is 4.90 Å². The Balaban J connectivity index is 1.65. The molecule has 1 heteroatoms. The van der Waals surface area contributed by atoms with E-state index in [1.807, 2.05) is 0 Å². The summed E-state index contributed by atoms with van der Waals surface area (Å²) in [7, 11) is 2.31. The van der Waals surface area contributed by atoms with Gasteiger partial charge in [0.2, 0.25) is 0 Å². The number of rotatable bonds is 0. The summed E-state index contributed by atoms with van der Waals surface area (Å²) in [5.41, 5.74) is 2.59. The molecule has 4 rings (SSSR count). The fourth-order valence-corrected chi connectivity index (χ4v) is 7.50. The summed E-state index contributed by atoms with van der Waals surface area (Å²) in [5.74, 6) is 3.97. The average Bonchev–Trinajstić information content (AvgIpc) is 2.79. The van der Waals surface area contributed by atoms with Crippen LogP contribution in [-0.4, -0.2) is 18.0 Å². The highest BCUT2D eigenvalue weighted by atomic mass is 15.2. The molecule has 1 nitrogen and oxygen atoms in total. The Labute approximate surface area is 137 Å². The van der Waals surface area contributed by atoms with Gasteiger partial charge in [0.25, 0.3) is 0 Å². The summed E-state index contributed by atoms with van der Waals surface area (Å²) in [5, 5.41) is 0. The van der Waals surface area contributed by atoms with Crippen LogP contribution in [0.25, 0.3) is 0 Å².